The number of piperazine rings is 1. The molecular weight excluding hydrogens is 247 g/mol. The van der Waals surface area contributed by atoms with Crippen LogP contribution in [-0.4, -0.2) is 34.6 Å². The fourth-order valence-electron chi connectivity index (χ4n) is 2.41. The zero-order valence-electron chi connectivity index (χ0n) is 10.6. The van der Waals surface area contributed by atoms with E-state index in [4.69, 9.17) is 0 Å². The van der Waals surface area contributed by atoms with E-state index in [-0.39, 0.29) is 17.8 Å². The minimum Gasteiger partial charge on any atom is -0.353 e. The third-order valence-electron chi connectivity index (χ3n) is 3.47. The number of benzene rings is 1. The van der Waals surface area contributed by atoms with E-state index in [1.807, 2.05) is 17.7 Å². The van der Waals surface area contributed by atoms with Crippen molar-refractivity contribution in [2.75, 3.05) is 13.1 Å². The number of hydrogen-bond donors (Lipinski definition) is 2. The number of fused-ring (bicyclic) bond motifs is 1. The molecule has 2 N–H and O–H groups in total. The third-order valence-corrected chi connectivity index (χ3v) is 3.47. The molecule has 100 valence electrons. The highest BCUT2D eigenvalue weighted by Gasteiger charge is 2.24. The number of nitrogens with zero attached hydrogens (tertiary/aromatic N) is 2. The maximum Gasteiger partial charge on any atom is 0.237 e. The van der Waals surface area contributed by atoms with Crippen LogP contribution in [0.3, 0.4) is 0 Å². The summed E-state index contributed by atoms with van der Waals surface area (Å²) in [5, 5.41) is 5.95. The van der Waals surface area contributed by atoms with Gasteiger partial charge in [-0.05, 0) is 12.1 Å². The van der Waals surface area contributed by atoms with Gasteiger partial charge in [0.1, 0.15) is 11.3 Å². The number of amides is 1. The molecule has 6 heteroatoms. The van der Waals surface area contributed by atoms with Crippen molar-refractivity contribution in [3.63, 3.8) is 0 Å². The second-order valence-corrected chi connectivity index (χ2v) is 4.70. The Morgan fingerprint density at radius 2 is 2.32 bits per heavy atom. The summed E-state index contributed by atoms with van der Waals surface area (Å²) in [7, 11) is 1.84. The minimum absolute atomic E-state index is 0.0289. The summed E-state index contributed by atoms with van der Waals surface area (Å²) in [5.41, 5.74) is 1.10. The van der Waals surface area contributed by atoms with Crippen molar-refractivity contribution in [3.8, 4) is 0 Å². The number of rotatable bonds is 2. The van der Waals surface area contributed by atoms with E-state index < -0.39 is 0 Å². The molecule has 1 saturated heterocycles. The predicted molar refractivity (Wildman–Crippen MR) is 69.2 cm³/mol. The van der Waals surface area contributed by atoms with Crippen molar-refractivity contribution in [1.29, 1.82) is 0 Å². The molecule has 1 unspecified atom stereocenters. The first kappa shape index (κ1) is 12.1. The van der Waals surface area contributed by atoms with Gasteiger partial charge in [0, 0.05) is 26.6 Å². The first-order valence-corrected chi connectivity index (χ1v) is 6.28. The molecule has 0 radical (unpaired) electrons. The molecule has 5 nitrogen and oxygen atoms in total. The highest BCUT2D eigenvalue weighted by molar-refractivity contribution is 5.83. The summed E-state index contributed by atoms with van der Waals surface area (Å²) in [6.45, 7) is 1.39. The van der Waals surface area contributed by atoms with Crippen LogP contribution in [0.25, 0.3) is 11.0 Å². The lowest BCUT2D eigenvalue weighted by atomic mass is 10.1. The number of aryl methyl sites for hydroxylation is 1. The lowest BCUT2D eigenvalue weighted by molar-refractivity contribution is -0.124. The van der Waals surface area contributed by atoms with Gasteiger partial charge < -0.3 is 15.2 Å². The number of para-hydroxylation sites is 1. The van der Waals surface area contributed by atoms with Crippen molar-refractivity contribution in [2.24, 2.45) is 7.05 Å². The Balaban J connectivity index is 1.95. The van der Waals surface area contributed by atoms with Gasteiger partial charge in [0.2, 0.25) is 5.91 Å². The van der Waals surface area contributed by atoms with Crippen LogP contribution in [0.15, 0.2) is 18.2 Å². The molecule has 19 heavy (non-hydrogen) atoms. The maximum absolute atomic E-state index is 13.7. The van der Waals surface area contributed by atoms with Crippen LogP contribution in [-0.2, 0) is 18.3 Å². The van der Waals surface area contributed by atoms with Crippen LogP contribution >= 0.6 is 0 Å². The Morgan fingerprint density at radius 1 is 1.47 bits per heavy atom. The van der Waals surface area contributed by atoms with Crippen LogP contribution in [0.5, 0.6) is 0 Å². The van der Waals surface area contributed by atoms with Gasteiger partial charge in [-0.15, -0.1) is 0 Å². The lowest BCUT2D eigenvalue weighted by Gasteiger charge is -2.23. The van der Waals surface area contributed by atoms with Crippen LogP contribution in [0.1, 0.15) is 5.82 Å². The number of hydrogen-bond acceptors (Lipinski definition) is 3. The molecule has 3 rings (SSSR count). The van der Waals surface area contributed by atoms with E-state index in [0.717, 1.165) is 12.1 Å². The number of nitrogens with one attached hydrogen (secondary N) is 2. The Bertz CT molecular complexity index is 637. The monoisotopic (exact) mass is 262 g/mol. The van der Waals surface area contributed by atoms with Gasteiger partial charge in [-0.2, -0.15) is 0 Å². The maximum atomic E-state index is 13.7. The predicted octanol–water partition coefficient (Wildman–Crippen LogP) is 0.343. The molecule has 0 saturated carbocycles. The number of imidazole rings is 1. The molecule has 2 heterocycles. The van der Waals surface area contributed by atoms with Gasteiger partial charge in [0.05, 0.1) is 11.6 Å². The number of aromatic nitrogens is 2. The summed E-state index contributed by atoms with van der Waals surface area (Å²) in [5.74, 6) is 0.342. The Kier molecular flexibility index (Phi) is 2.94. The Morgan fingerprint density at radius 3 is 3.05 bits per heavy atom. The van der Waals surface area contributed by atoms with E-state index in [1.165, 1.54) is 6.07 Å². The Hall–Kier alpha value is -1.95. The fourth-order valence-corrected chi connectivity index (χ4v) is 2.41. The zero-order valence-corrected chi connectivity index (χ0v) is 10.6. The fraction of sp³-hybridized carbons (Fsp3) is 0.385. The third kappa shape index (κ3) is 2.08. The molecule has 2 aromatic rings. The number of carbonyl (C=O) groups is 1. The average molecular weight is 262 g/mol. The summed E-state index contributed by atoms with van der Waals surface area (Å²) in [6, 6.07) is 4.58. The summed E-state index contributed by atoms with van der Waals surface area (Å²) < 4.78 is 15.5. The normalized spacial score (nSPS) is 19.7. The van der Waals surface area contributed by atoms with Crippen molar-refractivity contribution in [2.45, 2.75) is 12.5 Å². The second-order valence-electron chi connectivity index (χ2n) is 4.70. The molecule has 1 aromatic carbocycles. The average Bonchev–Trinajstić information content (AvgIpc) is 2.72. The second kappa shape index (κ2) is 4.62. The molecule has 1 aromatic heterocycles. The van der Waals surface area contributed by atoms with E-state index in [9.17, 15) is 9.18 Å². The highest BCUT2D eigenvalue weighted by Crippen LogP contribution is 2.18. The molecule has 1 aliphatic heterocycles. The molecule has 0 spiro atoms. The van der Waals surface area contributed by atoms with Crippen LogP contribution in [0.4, 0.5) is 4.39 Å². The van der Waals surface area contributed by atoms with Crippen molar-refractivity contribution >= 4 is 16.9 Å². The van der Waals surface area contributed by atoms with Gasteiger partial charge in [-0.1, -0.05) is 6.07 Å². The van der Waals surface area contributed by atoms with Gasteiger partial charge in [-0.3, -0.25) is 4.79 Å². The molecule has 1 fully saturated rings. The highest BCUT2D eigenvalue weighted by atomic mass is 19.1. The topological polar surface area (TPSA) is 59.0 Å². The SMILES string of the molecule is Cn1c(CC2NCCNC2=O)nc2c(F)cccc21. The lowest BCUT2D eigenvalue weighted by Crippen LogP contribution is -2.53. The van der Waals surface area contributed by atoms with Crippen molar-refractivity contribution in [3.05, 3.63) is 29.8 Å². The molecule has 1 amide bonds. The number of halogens is 1. The van der Waals surface area contributed by atoms with E-state index in [0.29, 0.717) is 24.3 Å². The molecular formula is C13H15FN4O. The smallest absolute Gasteiger partial charge is 0.237 e. The quantitative estimate of drug-likeness (QED) is 0.820. The molecule has 1 aliphatic rings. The largest absolute Gasteiger partial charge is 0.353 e. The van der Waals surface area contributed by atoms with E-state index >= 15 is 0 Å². The van der Waals surface area contributed by atoms with Crippen LogP contribution in [0, 0.1) is 5.82 Å². The summed E-state index contributed by atoms with van der Waals surface area (Å²) >= 11 is 0. The van der Waals surface area contributed by atoms with Gasteiger partial charge in [0.15, 0.2) is 5.82 Å². The van der Waals surface area contributed by atoms with Gasteiger partial charge in [-0.25, -0.2) is 9.37 Å². The van der Waals surface area contributed by atoms with Crippen molar-refractivity contribution in [1.82, 2.24) is 20.2 Å². The van der Waals surface area contributed by atoms with E-state index in [1.54, 1.807) is 6.07 Å². The zero-order chi connectivity index (χ0) is 13.4. The van der Waals surface area contributed by atoms with Gasteiger partial charge >= 0.3 is 0 Å². The summed E-state index contributed by atoms with van der Waals surface area (Å²) in [6.07, 6.45) is 0.455. The number of carbonyl (C=O) groups excluding carboxylic acids is 1. The molecule has 1 atom stereocenters. The summed E-state index contributed by atoms with van der Waals surface area (Å²) in [4.78, 5) is 16.0. The van der Waals surface area contributed by atoms with E-state index in [2.05, 4.69) is 15.6 Å². The van der Waals surface area contributed by atoms with Crippen LogP contribution < -0.4 is 10.6 Å². The van der Waals surface area contributed by atoms with Crippen molar-refractivity contribution < 1.29 is 9.18 Å². The standard InChI is InChI=1S/C13H15FN4O/c1-18-10-4-2-3-8(14)12(10)17-11(18)7-9-13(19)16-6-5-15-9/h2-4,9,15H,5-7H2,1H3,(H,16,19). The Labute approximate surface area is 109 Å². The first-order valence-electron chi connectivity index (χ1n) is 6.28. The first-order chi connectivity index (χ1) is 9.16. The minimum atomic E-state index is -0.333. The molecule has 0 bridgehead atoms. The van der Waals surface area contributed by atoms with Gasteiger partial charge in [0.25, 0.3) is 0 Å². The molecule has 0 aliphatic carbocycles. The van der Waals surface area contributed by atoms with Crippen LogP contribution in [0.2, 0.25) is 0 Å².